The van der Waals surface area contributed by atoms with Crippen LogP contribution in [0.4, 0.5) is 4.39 Å². The highest BCUT2D eigenvalue weighted by Gasteiger charge is 2.37. The van der Waals surface area contributed by atoms with Gasteiger partial charge in [0, 0.05) is 29.3 Å². The normalized spacial score (nSPS) is 15.7. The summed E-state index contributed by atoms with van der Waals surface area (Å²) in [5, 5.41) is 0. The molecule has 0 unspecified atom stereocenters. The number of allylic oxidation sites excluding steroid dienone is 1. The average Bonchev–Trinajstić information content (AvgIpc) is 3.09. The summed E-state index contributed by atoms with van der Waals surface area (Å²) in [6.07, 6.45) is 1.75. The lowest BCUT2D eigenvalue weighted by Crippen LogP contribution is -2.28. The van der Waals surface area contributed by atoms with Crippen molar-refractivity contribution in [2.75, 3.05) is 13.7 Å². The number of hydrogen-bond acceptors (Lipinski definition) is 3. The fraction of sp³-hybridized carbons (Fsp3) is 0.333. The molecule has 0 bridgehead atoms. The fourth-order valence-electron chi connectivity index (χ4n) is 3.89. The Balaban J connectivity index is 2.11. The molecule has 5 nitrogen and oxygen atoms in total. The van der Waals surface area contributed by atoms with E-state index < -0.39 is 5.97 Å². The van der Waals surface area contributed by atoms with Gasteiger partial charge in [0.2, 0.25) is 0 Å². The second-order valence-corrected chi connectivity index (χ2v) is 7.96. The number of aryl methyl sites for hydroxylation is 1. The van der Waals surface area contributed by atoms with Crippen LogP contribution in [0.3, 0.4) is 0 Å². The van der Waals surface area contributed by atoms with E-state index in [1.165, 1.54) is 19.2 Å². The summed E-state index contributed by atoms with van der Waals surface area (Å²) >= 11 is 0. The maximum Gasteiger partial charge on any atom is 0.340 e. The number of amides is 1. The quantitative estimate of drug-likeness (QED) is 0.536. The Labute approximate surface area is 176 Å². The molecule has 30 heavy (non-hydrogen) atoms. The van der Waals surface area contributed by atoms with Gasteiger partial charge in [-0.1, -0.05) is 13.8 Å². The number of ether oxygens (including phenoxy) is 1. The highest BCUT2D eigenvalue weighted by atomic mass is 19.1. The Morgan fingerprint density at radius 3 is 2.37 bits per heavy atom. The molecule has 2 aromatic rings. The molecule has 0 atom stereocenters. The summed E-state index contributed by atoms with van der Waals surface area (Å²) in [6.45, 7) is 10.2. The number of hydrogen-bond donors (Lipinski definition) is 0. The first-order chi connectivity index (χ1) is 14.1. The smallest absolute Gasteiger partial charge is 0.340 e. The highest BCUT2D eigenvalue weighted by molar-refractivity contribution is 6.16. The van der Waals surface area contributed by atoms with Crippen molar-refractivity contribution in [1.29, 1.82) is 0 Å². The zero-order valence-corrected chi connectivity index (χ0v) is 18.2. The van der Waals surface area contributed by atoms with Crippen LogP contribution in [0.1, 0.15) is 37.7 Å². The van der Waals surface area contributed by atoms with E-state index in [1.54, 1.807) is 30.0 Å². The van der Waals surface area contributed by atoms with Gasteiger partial charge in [-0.05, 0) is 68.7 Å². The summed E-state index contributed by atoms with van der Waals surface area (Å²) in [4.78, 5) is 27.3. The van der Waals surface area contributed by atoms with Gasteiger partial charge in [0.05, 0.1) is 18.3 Å². The number of aromatic nitrogens is 1. The van der Waals surface area contributed by atoms with Crippen molar-refractivity contribution >= 4 is 18.0 Å². The maximum absolute atomic E-state index is 13.3. The standard InChI is InChI=1S/C24H27FN2O3/c1-14(2)13-26-17(5)22(24(29)30-6)21(23(26)28)12-18-11-15(3)27(16(18)4)20-9-7-19(25)8-10-20/h7-12,14H,13H2,1-6H3. The molecule has 6 heteroatoms. The van der Waals surface area contributed by atoms with Crippen molar-refractivity contribution in [2.24, 2.45) is 5.92 Å². The summed E-state index contributed by atoms with van der Waals surface area (Å²) in [7, 11) is 1.32. The summed E-state index contributed by atoms with van der Waals surface area (Å²) in [6, 6.07) is 8.20. The monoisotopic (exact) mass is 410 g/mol. The van der Waals surface area contributed by atoms with Gasteiger partial charge in [-0.25, -0.2) is 9.18 Å². The minimum Gasteiger partial charge on any atom is -0.465 e. The Kier molecular flexibility index (Phi) is 5.97. The van der Waals surface area contributed by atoms with Gasteiger partial charge in [0.1, 0.15) is 5.82 Å². The maximum atomic E-state index is 13.3. The number of esters is 1. The van der Waals surface area contributed by atoms with E-state index in [1.807, 2.05) is 38.3 Å². The van der Waals surface area contributed by atoms with E-state index >= 15 is 0 Å². The van der Waals surface area contributed by atoms with Crippen LogP contribution in [0, 0.1) is 25.6 Å². The summed E-state index contributed by atoms with van der Waals surface area (Å²) < 4.78 is 20.3. The number of carbonyl (C=O) groups excluding carboxylic acids is 2. The van der Waals surface area contributed by atoms with Crippen LogP contribution < -0.4 is 0 Å². The van der Waals surface area contributed by atoms with Gasteiger partial charge in [0.15, 0.2) is 0 Å². The van der Waals surface area contributed by atoms with Crippen molar-refractivity contribution in [3.05, 3.63) is 69.9 Å². The second kappa shape index (κ2) is 8.30. The van der Waals surface area contributed by atoms with Crippen LogP contribution in [0.2, 0.25) is 0 Å². The lowest BCUT2D eigenvalue weighted by atomic mass is 10.0. The van der Waals surface area contributed by atoms with E-state index in [0.717, 1.165) is 22.6 Å². The topological polar surface area (TPSA) is 51.5 Å². The molecule has 1 aliphatic rings. The fourth-order valence-corrected chi connectivity index (χ4v) is 3.89. The molecule has 1 aromatic carbocycles. The molecule has 0 spiro atoms. The second-order valence-electron chi connectivity index (χ2n) is 7.96. The van der Waals surface area contributed by atoms with Crippen LogP contribution in [0.15, 0.2) is 47.2 Å². The third kappa shape index (κ3) is 3.82. The van der Waals surface area contributed by atoms with Gasteiger partial charge in [0.25, 0.3) is 5.91 Å². The van der Waals surface area contributed by atoms with Gasteiger partial charge < -0.3 is 14.2 Å². The van der Waals surface area contributed by atoms with Gasteiger partial charge in [-0.2, -0.15) is 0 Å². The highest BCUT2D eigenvalue weighted by Crippen LogP contribution is 2.33. The van der Waals surface area contributed by atoms with Crippen molar-refractivity contribution in [1.82, 2.24) is 9.47 Å². The van der Waals surface area contributed by atoms with Crippen LogP contribution in [-0.2, 0) is 14.3 Å². The van der Waals surface area contributed by atoms with E-state index in [9.17, 15) is 14.0 Å². The van der Waals surface area contributed by atoms with Crippen molar-refractivity contribution in [3.63, 3.8) is 0 Å². The third-order valence-electron chi connectivity index (χ3n) is 5.30. The van der Waals surface area contributed by atoms with Crippen LogP contribution in [-0.4, -0.2) is 35.0 Å². The number of rotatable bonds is 5. The van der Waals surface area contributed by atoms with Crippen LogP contribution >= 0.6 is 0 Å². The number of carbonyl (C=O) groups is 2. The number of methoxy groups -OCH3 is 1. The Hall–Kier alpha value is -3.15. The zero-order chi connectivity index (χ0) is 22.2. The first-order valence-electron chi connectivity index (χ1n) is 9.93. The first-order valence-corrected chi connectivity index (χ1v) is 9.93. The molecule has 158 valence electrons. The van der Waals surface area contributed by atoms with E-state index in [2.05, 4.69) is 0 Å². The molecule has 0 saturated carbocycles. The van der Waals surface area contributed by atoms with Gasteiger partial charge >= 0.3 is 5.97 Å². The predicted molar refractivity (Wildman–Crippen MR) is 114 cm³/mol. The van der Waals surface area contributed by atoms with E-state index in [4.69, 9.17) is 4.74 Å². The molecule has 1 aromatic heterocycles. The summed E-state index contributed by atoms with van der Waals surface area (Å²) in [5.74, 6) is -0.766. The molecule has 3 rings (SSSR count). The molecule has 0 saturated heterocycles. The Bertz CT molecular complexity index is 1060. The van der Waals surface area contributed by atoms with E-state index in [0.29, 0.717) is 23.4 Å². The molecule has 0 aliphatic carbocycles. The third-order valence-corrected chi connectivity index (χ3v) is 5.30. The number of benzene rings is 1. The van der Waals surface area contributed by atoms with Crippen LogP contribution in [0.5, 0.6) is 0 Å². The lowest BCUT2D eigenvalue weighted by molar-refractivity contribution is -0.136. The first kappa shape index (κ1) is 21.6. The number of halogens is 1. The van der Waals surface area contributed by atoms with Crippen molar-refractivity contribution < 1.29 is 18.7 Å². The molecule has 1 amide bonds. The SMILES string of the molecule is COC(=O)C1=C(C)N(CC(C)C)C(=O)C1=Cc1cc(C)n(-c2ccc(F)cc2)c1C. The Morgan fingerprint density at radius 2 is 1.80 bits per heavy atom. The molecular formula is C24H27FN2O3. The van der Waals surface area contributed by atoms with E-state index in [-0.39, 0.29) is 17.6 Å². The molecule has 2 heterocycles. The predicted octanol–water partition coefficient (Wildman–Crippen LogP) is 4.56. The molecule has 0 radical (unpaired) electrons. The average molecular weight is 410 g/mol. The minimum absolute atomic E-state index is 0.201. The minimum atomic E-state index is -0.523. The molecule has 1 aliphatic heterocycles. The van der Waals surface area contributed by atoms with Crippen molar-refractivity contribution in [2.45, 2.75) is 34.6 Å². The lowest BCUT2D eigenvalue weighted by Gasteiger charge is -2.19. The zero-order valence-electron chi connectivity index (χ0n) is 18.2. The molecule has 0 N–H and O–H groups in total. The number of nitrogens with zero attached hydrogens (tertiary/aromatic N) is 2. The van der Waals surface area contributed by atoms with Crippen molar-refractivity contribution in [3.8, 4) is 5.69 Å². The Morgan fingerprint density at radius 1 is 1.17 bits per heavy atom. The van der Waals surface area contributed by atoms with Crippen LogP contribution in [0.25, 0.3) is 11.8 Å². The summed E-state index contributed by atoms with van der Waals surface area (Å²) in [5.41, 5.74) is 4.73. The molecule has 0 fully saturated rings. The largest absolute Gasteiger partial charge is 0.465 e. The van der Waals surface area contributed by atoms with Gasteiger partial charge in [-0.3, -0.25) is 4.79 Å². The van der Waals surface area contributed by atoms with Gasteiger partial charge in [-0.15, -0.1) is 0 Å². The molecular weight excluding hydrogens is 383 g/mol.